The first-order valence-corrected chi connectivity index (χ1v) is 6.07. The molecule has 0 saturated carbocycles. The van der Waals surface area contributed by atoms with E-state index in [9.17, 15) is 14.7 Å². The van der Waals surface area contributed by atoms with Crippen molar-refractivity contribution < 1.29 is 19.8 Å². The minimum atomic E-state index is -1.18. The zero-order valence-corrected chi connectivity index (χ0v) is 11.5. The third-order valence-electron chi connectivity index (χ3n) is 2.04. The van der Waals surface area contributed by atoms with Crippen LogP contribution in [0.2, 0.25) is 0 Å². The number of carbonyl (C=O) groups is 2. The summed E-state index contributed by atoms with van der Waals surface area (Å²) in [5.41, 5.74) is 0. The lowest BCUT2D eigenvalue weighted by molar-refractivity contribution is -0.143. The van der Waals surface area contributed by atoms with Crippen LogP contribution < -0.4 is 5.32 Å². The predicted molar refractivity (Wildman–Crippen MR) is 67.7 cm³/mol. The average molecular weight is 308 g/mol. The van der Waals surface area contributed by atoms with Gasteiger partial charge in [0.05, 0.1) is 0 Å². The molecule has 0 radical (unpaired) electrons. The number of nitrogens with one attached hydrogen (secondary N) is 1. The third-order valence-corrected chi connectivity index (χ3v) is 2.36. The maximum atomic E-state index is 11.5. The van der Waals surface area contributed by atoms with Crippen LogP contribution in [0.4, 0.5) is 0 Å². The number of aliphatic hydroxyl groups excluding tert-OH is 1. The minimum Gasteiger partial charge on any atom is -0.480 e. The Morgan fingerprint density at radius 2 is 1.94 bits per heavy atom. The summed E-state index contributed by atoms with van der Waals surface area (Å²) in [5, 5.41) is 20.7. The molecule has 0 aliphatic heterocycles. The topological polar surface area (TPSA) is 86.6 Å². The molecule has 1 amide bonds. The molecule has 2 atom stereocenters. The van der Waals surface area contributed by atoms with Crippen molar-refractivity contribution in [2.24, 2.45) is 5.92 Å². The summed E-state index contributed by atoms with van der Waals surface area (Å²) in [6.07, 6.45) is -0.802. The molecule has 0 aromatic carbocycles. The van der Waals surface area contributed by atoms with Crippen LogP contribution in [-0.4, -0.2) is 34.2 Å². The Morgan fingerprint density at radius 1 is 1.41 bits per heavy atom. The van der Waals surface area contributed by atoms with E-state index >= 15 is 0 Å². The molecule has 0 saturated heterocycles. The molecule has 3 N–H and O–H groups in total. The molecule has 0 spiro atoms. The number of amides is 1. The van der Waals surface area contributed by atoms with Gasteiger partial charge >= 0.3 is 5.97 Å². The second kappa shape index (κ2) is 7.45. The van der Waals surface area contributed by atoms with E-state index in [4.69, 9.17) is 5.11 Å². The molecular formula is C11H18BrNO4. The molecule has 0 aromatic rings. The number of hydrogen-bond donors (Lipinski definition) is 3. The standard InChI is InChI=1S/C11H18BrNO4/c1-6(2)4-9(14)10(15)13-8(11(16)17)5-7(3)12/h6,8-9,14H,3-5H2,1-2H3,(H,13,15)(H,16,17)/t8-,9-/m1/s1. The smallest absolute Gasteiger partial charge is 0.326 e. The maximum absolute atomic E-state index is 11.5. The molecule has 0 aliphatic rings. The van der Waals surface area contributed by atoms with Crippen LogP contribution in [0.15, 0.2) is 11.1 Å². The van der Waals surface area contributed by atoms with Crippen molar-refractivity contribution in [3.05, 3.63) is 11.1 Å². The Bertz CT molecular complexity index is 304. The molecule has 98 valence electrons. The highest BCUT2D eigenvalue weighted by Crippen LogP contribution is 2.11. The summed E-state index contributed by atoms with van der Waals surface area (Å²) in [6, 6.07) is -1.07. The zero-order valence-electron chi connectivity index (χ0n) is 9.94. The highest BCUT2D eigenvalue weighted by Gasteiger charge is 2.24. The van der Waals surface area contributed by atoms with E-state index in [0.29, 0.717) is 10.9 Å². The van der Waals surface area contributed by atoms with Gasteiger partial charge in [-0.25, -0.2) is 4.79 Å². The lowest BCUT2D eigenvalue weighted by Crippen LogP contribution is -2.45. The van der Waals surface area contributed by atoms with Crippen LogP contribution in [0.5, 0.6) is 0 Å². The fourth-order valence-electron chi connectivity index (χ4n) is 1.24. The van der Waals surface area contributed by atoms with Crippen LogP contribution in [0, 0.1) is 5.92 Å². The summed E-state index contributed by atoms with van der Waals surface area (Å²) in [5.74, 6) is -1.67. The van der Waals surface area contributed by atoms with E-state index in [2.05, 4.69) is 27.8 Å². The van der Waals surface area contributed by atoms with Gasteiger partial charge in [0.1, 0.15) is 12.1 Å². The quantitative estimate of drug-likeness (QED) is 0.661. The van der Waals surface area contributed by atoms with Crippen molar-refractivity contribution in [2.45, 2.75) is 38.8 Å². The maximum Gasteiger partial charge on any atom is 0.326 e. The molecule has 17 heavy (non-hydrogen) atoms. The van der Waals surface area contributed by atoms with Crippen molar-refractivity contribution in [1.29, 1.82) is 0 Å². The van der Waals surface area contributed by atoms with E-state index in [0.717, 1.165) is 0 Å². The fourth-order valence-corrected chi connectivity index (χ4v) is 1.57. The normalized spacial score (nSPS) is 14.2. The van der Waals surface area contributed by atoms with Gasteiger partial charge in [-0.2, -0.15) is 0 Å². The number of carbonyl (C=O) groups excluding carboxylic acids is 1. The fraction of sp³-hybridized carbons (Fsp3) is 0.636. The van der Waals surface area contributed by atoms with E-state index in [1.54, 1.807) is 0 Å². The van der Waals surface area contributed by atoms with Gasteiger partial charge in [-0.1, -0.05) is 36.4 Å². The van der Waals surface area contributed by atoms with E-state index in [1.807, 2.05) is 13.8 Å². The third kappa shape index (κ3) is 7.12. The molecule has 6 heteroatoms. The number of carboxylic acids is 1. The highest BCUT2D eigenvalue weighted by atomic mass is 79.9. The molecule has 0 bridgehead atoms. The van der Waals surface area contributed by atoms with Crippen LogP contribution in [0.3, 0.4) is 0 Å². The van der Waals surface area contributed by atoms with Gasteiger partial charge in [0.15, 0.2) is 0 Å². The van der Waals surface area contributed by atoms with Gasteiger partial charge in [-0.05, 0) is 16.8 Å². The highest BCUT2D eigenvalue weighted by molar-refractivity contribution is 9.11. The second-order valence-corrected chi connectivity index (χ2v) is 5.39. The molecule has 0 fully saturated rings. The molecule has 0 rings (SSSR count). The SMILES string of the molecule is C=C(Br)C[C@@H](NC(=O)[C@H](O)CC(C)C)C(=O)O. The Morgan fingerprint density at radius 3 is 2.29 bits per heavy atom. The molecule has 0 aromatic heterocycles. The van der Waals surface area contributed by atoms with E-state index < -0.39 is 24.0 Å². The van der Waals surface area contributed by atoms with Crippen molar-refractivity contribution in [2.75, 3.05) is 0 Å². The lowest BCUT2D eigenvalue weighted by atomic mass is 10.1. The van der Waals surface area contributed by atoms with Gasteiger partial charge < -0.3 is 15.5 Å². The van der Waals surface area contributed by atoms with Gasteiger partial charge in [0.25, 0.3) is 0 Å². The molecular weight excluding hydrogens is 290 g/mol. The zero-order chi connectivity index (χ0) is 13.6. The van der Waals surface area contributed by atoms with Gasteiger partial charge in [0.2, 0.25) is 5.91 Å². The molecule has 0 unspecified atom stereocenters. The average Bonchev–Trinajstić information content (AvgIpc) is 2.14. The number of carboxylic acid groups (broad SMARTS) is 1. The summed E-state index contributed by atoms with van der Waals surface area (Å²) in [6.45, 7) is 7.25. The predicted octanol–water partition coefficient (Wildman–Crippen LogP) is 1.26. The molecule has 0 aliphatic carbocycles. The summed E-state index contributed by atoms with van der Waals surface area (Å²) >= 11 is 3.04. The van der Waals surface area contributed by atoms with Crippen molar-refractivity contribution in [3.63, 3.8) is 0 Å². The second-order valence-electron chi connectivity index (χ2n) is 4.27. The summed E-state index contributed by atoms with van der Waals surface area (Å²) in [4.78, 5) is 22.4. The summed E-state index contributed by atoms with van der Waals surface area (Å²) in [7, 11) is 0. The molecule has 0 heterocycles. The Labute approximate surface area is 109 Å². The van der Waals surface area contributed by atoms with Gasteiger partial charge in [-0.15, -0.1) is 0 Å². The van der Waals surface area contributed by atoms with Crippen LogP contribution in [-0.2, 0) is 9.59 Å². The van der Waals surface area contributed by atoms with Crippen LogP contribution >= 0.6 is 15.9 Å². The Balaban J connectivity index is 4.39. The first-order valence-electron chi connectivity index (χ1n) is 5.28. The van der Waals surface area contributed by atoms with Crippen molar-refractivity contribution in [3.8, 4) is 0 Å². The number of hydrogen-bond acceptors (Lipinski definition) is 3. The lowest BCUT2D eigenvalue weighted by Gasteiger charge is -2.17. The van der Waals surface area contributed by atoms with Gasteiger partial charge in [-0.3, -0.25) is 4.79 Å². The van der Waals surface area contributed by atoms with E-state index in [1.165, 1.54) is 0 Å². The Kier molecular flexibility index (Phi) is 7.06. The monoisotopic (exact) mass is 307 g/mol. The van der Waals surface area contributed by atoms with Crippen LogP contribution in [0.1, 0.15) is 26.7 Å². The van der Waals surface area contributed by atoms with Crippen molar-refractivity contribution >= 4 is 27.8 Å². The van der Waals surface area contributed by atoms with Crippen molar-refractivity contribution in [1.82, 2.24) is 5.32 Å². The van der Waals surface area contributed by atoms with Crippen LogP contribution in [0.25, 0.3) is 0 Å². The van der Waals surface area contributed by atoms with E-state index in [-0.39, 0.29) is 12.3 Å². The summed E-state index contributed by atoms with van der Waals surface area (Å²) < 4.78 is 0.476. The number of aliphatic carboxylic acids is 1. The first-order chi connectivity index (χ1) is 7.73. The Hall–Kier alpha value is -0.880. The van der Waals surface area contributed by atoms with Gasteiger partial charge in [0, 0.05) is 6.42 Å². The largest absolute Gasteiger partial charge is 0.480 e. The number of aliphatic hydroxyl groups is 1. The number of rotatable bonds is 7. The molecule has 5 nitrogen and oxygen atoms in total. The minimum absolute atomic E-state index is 0.0788. The first kappa shape index (κ1) is 16.1. The number of halogens is 1.